The summed E-state index contributed by atoms with van der Waals surface area (Å²) in [5.74, 6) is -0.286. The van der Waals surface area contributed by atoms with Gasteiger partial charge in [0.25, 0.3) is 5.91 Å². The molecule has 0 bridgehead atoms. The normalized spacial score (nSPS) is 24.6. The molecule has 1 heterocycles. The molecule has 102 valence electrons. The van der Waals surface area contributed by atoms with E-state index < -0.39 is 10.3 Å². The minimum absolute atomic E-state index is 0.286. The summed E-state index contributed by atoms with van der Waals surface area (Å²) in [6, 6.07) is 5.92. The van der Waals surface area contributed by atoms with Gasteiger partial charge in [0.2, 0.25) is 0 Å². The van der Waals surface area contributed by atoms with Crippen LogP contribution in [0.5, 0.6) is 0 Å². The third-order valence-corrected chi connectivity index (χ3v) is 4.81. The predicted octanol–water partition coefficient (Wildman–Crippen LogP) is 3.41. The third kappa shape index (κ3) is 2.15. The zero-order valence-corrected chi connectivity index (χ0v) is 12.9. The number of amides is 1. The van der Waals surface area contributed by atoms with E-state index >= 15 is 0 Å². The number of halogens is 2. The first-order chi connectivity index (χ1) is 8.78. The summed E-state index contributed by atoms with van der Waals surface area (Å²) in [4.78, 5) is 10.9. The van der Waals surface area contributed by atoms with Crippen molar-refractivity contribution in [3.63, 3.8) is 0 Å². The Morgan fingerprint density at radius 1 is 1.32 bits per heavy atom. The Labute approximate surface area is 123 Å². The molecule has 19 heavy (non-hydrogen) atoms. The number of carbonyl (C=O) groups excluding carboxylic acids is 1. The van der Waals surface area contributed by atoms with Crippen molar-refractivity contribution in [1.29, 1.82) is 0 Å². The smallest absolute Gasteiger partial charge is 0.270 e. The average molecular weight is 299 g/mol. The van der Waals surface area contributed by atoms with Crippen molar-refractivity contribution in [2.45, 2.75) is 31.0 Å². The van der Waals surface area contributed by atoms with Gasteiger partial charge in [0.1, 0.15) is 0 Å². The maximum atomic E-state index is 12.2. The Morgan fingerprint density at radius 2 is 1.95 bits per heavy atom. The molecule has 0 fully saturated rings. The van der Waals surface area contributed by atoms with Gasteiger partial charge in [0.05, 0.1) is 11.1 Å². The van der Waals surface area contributed by atoms with Gasteiger partial charge in [-0.15, -0.1) is 11.6 Å². The molecule has 3 nitrogen and oxygen atoms in total. The highest BCUT2D eigenvalue weighted by Crippen LogP contribution is 2.43. The number of alkyl halides is 2. The van der Waals surface area contributed by atoms with E-state index in [1.807, 2.05) is 32.0 Å². The second-order valence-corrected chi connectivity index (χ2v) is 5.98. The molecule has 1 aliphatic heterocycles. The number of hydrogen-bond donors (Lipinski definition) is 0. The first-order valence-corrected chi connectivity index (χ1v) is 6.84. The molecule has 5 heteroatoms. The maximum Gasteiger partial charge on any atom is 0.271 e. The van der Waals surface area contributed by atoms with E-state index in [0.717, 1.165) is 16.7 Å². The molecular formula is C14H16Cl2N2O. The van der Waals surface area contributed by atoms with Gasteiger partial charge in [0.15, 0.2) is 4.87 Å². The highest BCUT2D eigenvalue weighted by atomic mass is 35.5. The first-order valence-electron chi connectivity index (χ1n) is 6.02. The molecule has 1 aromatic rings. The average Bonchev–Trinajstić information content (AvgIpc) is 2.53. The first kappa shape index (κ1) is 14.4. The minimum atomic E-state index is -1.30. The molecule has 0 saturated heterocycles. The minimum Gasteiger partial charge on any atom is -0.270 e. The summed E-state index contributed by atoms with van der Waals surface area (Å²) < 4.78 is 0. The summed E-state index contributed by atoms with van der Waals surface area (Å²) in [7, 11) is 1.58. The lowest BCUT2D eigenvalue weighted by Gasteiger charge is -2.27. The fourth-order valence-electron chi connectivity index (χ4n) is 2.35. The van der Waals surface area contributed by atoms with E-state index in [-0.39, 0.29) is 5.91 Å². The Hall–Kier alpha value is -1.06. The van der Waals surface area contributed by atoms with Crippen molar-refractivity contribution >= 4 is 34.8 Å². The molecule has 1 aliphatic rings. The van der Waals surface area contributed by atoms with Crippen LogP contribution in [-0.4, -0.2) is 28.5 Å². The number of carbonyl (C=O) groups is 1. The van der Waals surface area contributed by atoms with Gasteiger partial charge >= 0.3 is 0 Å². The quantitative estimate of drug-likeness (QED) is 0.770. The highest BCUT2D eigenvalue weighted by molar-refractivity contribution is 6.52. The monoisotopic (exact) mass is 298 g/mol. The van der Waals surface area contributed by atoms with Crippen LogP contribution in [0.2, 0.25) is 0 Å². The van der Waals surface area contributed by atoms with Gasteiger partial charge in [-0.3, -0.25) is 4.79 Å². The zero-order valence-electron chi connectivity index (χ0n) is 11.4. The van der Waals surface area contributed by atoms with Crippen molar-refractivity contribution in [2.24, 2.45) is 5.10 Å². The number of aryl methyl sites for hydroxylation is 2. The van der Waals surface area contributed by atoms with Crippen LogP contribution in [-0.2, 0) is 4.79 Å². The Kier molecular flexibility index (Phi) is 3.63. The van der Waals surface area contributed by atoms with Gasteiger partial charge in [0, 0.05) is 7.05 Å². The van der Waals surface area contributed by atoms with Crippen LogP contribution in [0.1, 0.15) is 29.0 Å². The molecule has 2 unspecified atom stereocenters. The fraction of sp³-hybridized carbons (Fsp3) is 0.429. The molecule has 1 aromatic carbocycles. The summed E-state index contributed by atoms with van der Waals surface area (Å²) in [5.41, 5.74) is 3.56. The Bertz CT molecular complexity index is 571. The standard InChI is InChI=1S/C14H16Cl2N2O/c1-8-5-6-11(9(2)7-8)12(15)14(16)10(3)17-18(4)13(14)19/h5-7,12H,1-4H3. The fourth-order valence-corrected chi connectivity index (χ4v) is 3.12. The van der Waals surface area contributed by atoms with E-state index in [1.165, 1.54) is 5.01 Å². The number of hydrazone groups is 1. The number of hydrogen-bond acceptors (Lipinski definition) is 2. The van der Waals surface area contributed by atoms with Crippen LogP contribution in [0, 0.1) is 13.8 Å². The van der Waals surface area contributed by atoms with Crippen LogP contribution >= 0.6 is 23.2 Å². The van der Waals surface area contributed by atoms with Crippen LogP contribution in [0.15, 0.2) is 23.3 Å². The van der Waals surface area contributed by atoms with Gasteiger partial charge < -0.3 is 0 Å². The Balaban J connectivity index is 2.47. The highest BCUT2D eigenvalue weighted by Gasteiger charge is 2.52. The van der Waals surface area contributed by atoms with Crippen molar-refractivity contribution < 1.29 is 4.79 Å². The molecule has 0 aromatic heterocycles. The predicted molar refractivity (Wildman–Crippen MR) is 79.0 cm³/mol. The molecule has 0 saturated carbocycles. The van der Waals surface area contributed by atoms with E-state index in [2.05, 4.69) is 5.10 Å². The molecule has 0 aliphatic carbocycles. The Morgan fingerprint density at radius 3 is 2.42 bits per heavy atom. The molecule has 0 radical (unpaired) electrons. The summed E-state index contributed by atoms with van der Waals surface area (Å²) in [6.07, 6.45) is 0. The van der Waals surface area contributed by atoms with Crippen LogP contribution in [0.25, 0.3) is 0 Å². The lowest BCUT2D eigenvalue weighted by atomic mass is 9.90. The third-order valence-electron chi connectivity index (χ3n) is 3.48. The maximum absolute atomic E-state index is 12.2. The van der Waals surface area contributed by atoms with Crippen LogP contribution in [0.4, 0.5) is 0 Å². The van der Waals surface area contributed by atoms with Gasteiger partial charge in [-0.25, -0.2) is 5.01 Å². The molecule has 0 N–H and O–H groups in total. The SMILES string of the molecule is CC1=NN(C)C(=O)C1(Cl)C(Cl)c1ccc(C)cc1C. The van der Waals surface area contributed by atoms with Gasteiger partial charge in [-0.1, -0.05) is 35.4 Å². The molecule has 0 spiro atoms. The largest absolute Gasteiger partial charge is 0.271 e. The van der Waals surface area contributed by atoms with Crippen LogP contribution < -0.4 is 0 Å². The molecule has 2 atom stereocenters. The van der Waals surface area contributed by atoms with Crippen molar-refractivity contribution in [3.8, 4) is 0 Å². The van der Waals surface area contributed by atoms with E-state index in [9.17, 15) is 4.79 Å². The molecule has 2 rings (SSSR count). The van der Waals surface area contributed by atoms with E-state index in [4.69, 9.17) is 23.2 Å². The lowest BCUT2D eigenvalue weighted by Crippen LogP contribution is -2.43. The van der Waals surface area contributed by atoms with Gasteiger partial charge in [-0.05, 0) is 31.9 Å². The second kappa shape index (κ2) is 4.80. The van der Waals surface area contributed by atoms with Crippen LogP contribution in [0.3, 0.4) is 0 Å². The van der Waals surface area contributed by atoms with E-state index in [0.29, 0.717) is 5.71 Å². The molecular weight excluding hydrogens is 283 g/mol. The molecule has 1 amide bonds. The lowest BCUT2D eigenvalue weighted by molar-refractivity contribution is -0.129. The number of benzene rings is 1. The summed E-state index contributed by atoms with van der Waals surface area (Å²) in [5, 5.41) is 4.71. The van der Waals surface area contributed by atoms with Crippen molar-refractivity contribution in [3.05, 3.63) is 34.9 Å². The number of rotatable bonds is 2. The summed E-state index contributed by atoms with van der Waals surface area (Å²) >= 11 is 13.0. The summed E-state index contributed by atoms with van der Waals surface area (Å²) in [6.45, 7) is 5.71. The zero-order chi connectivity index (χ0) is 14.4. The second-order valence-electron chi connectivity index (χ2n) is 4.95. The number of nitrogens with zero attached hydrogens (tertiary/aromatic N) is 2. The topological polar surface area (TPSA) is 32.7 Å². The van der Waals surface area contributed by atoms with Gasteiger partial charge in [-0.2, -0.15) is 5.10 Å². The van der Waals surface area contributed by atoms with E-state index in [1.54, 1.807) is 14.0 Å². The van der Waals surface area contributed by atoms with Crippen molar-refractivity contribution in [2.75, 3.05) is 7.05 Å². The van der Waals surface area contributed by atoms with Crippen molar-refractivity contribution in [1.82, 2.24) is 5.01 Å².